The first-order valence-corrected chi connectivity index (χ1v) is 16.1. The molecule has 0 unspecified atom stereocenters. The number of amides is 2. The summed E-state index contributed by atoms with van der Waals surface area (Å²) in [5, 5.41) is 36.6. The fourth-order valence-electron chi connectivity index (χ4n) is 4.83. The molecule has 1 atom stereocenters. The van der Waals surface area contributed by atoms with Gasteiger partial charge < -0.3 is 35.5 Å². The summed E-state index contributed by atoms with van der Waals surface area (Å²) in [6, 6.07) is 18.8. The summed E-state index contributed by atoms with van der Waals surface area (Å²) < 4.78 is 5.81. The minimum Gasteiger partial charge on any atom is -0.508 e. The Bertz CT molecular complexity index is 1370. The number of phenols is 1. The fourth-order valence-corrected chi connectivity index (χ4v) is 5.01. The van der Waals surface area contributed by atoms with Crippen LogP contribution in [0.2, 0.25) is 5.02 Å². The first-order valence-electron chi connectivity index (χ1n) is 15.8. The number of nitrogens with zero attached hydrogens (tertiary/aromatic N) is 1. The van der Waals surface area contributed by atoms with Crippen molar-refractivity contribution in [1.82, 2.24) is 10.6 Å². The van der Waals surface area contributed by atoms with E-state index in [1.165, 1.54) is 18.6 Å². The molecule has 0 saturated heterocycles. The Balaban J connectivity index is 1.22. The fraction of sp³-hybridized carbons (Fsp3) is 0.429. The molecule has 0 bridgehead atoms. The van der Waals surface area contributed by atoms with Crippen LogP contribution in [-0.2, 0) is 33.9 Å². The highest BCUT2D eigenvalue weighted by Crippen LogP contribution is 2.23. The highest BCUT2D eigenvalue weighted by molar-refractivity contribution is 6.30. The van der Waals surface area contributed by atoms with Crippen molar-refractivity contribution in [3.8, 4) is 5.75 Å². The SMILES string of the molecule is CC(=O)ON(C(=O)NCc1cccc(CCCCOCCCCCCNC[C@H](O)c2ccc(O)c(CO)c2)c1)c1cccc(Cl)c1. The Morgan fingerprint density at radius 2 is 1.65 bits per heavy atom. The zero-order valence-electron chi connectivity index (χ0n) is 26.4. The van der Waals surface area contributed by atoms with Gasteiger partial charge in [0.15, 0.2) is 0 Å². The summed E-state index contributed by atoms with van der Waals surface area (Å²) in [5.41, 5.74) is 3.55. The van der Waals surface area contributed by atoms with Gasteiger partial charge in [-0.3, -0.25) is 0 Å². The number of halogens is 1. The zero-order chi connectivity index (χ0) is 33.1. The summed E-state index contributed by atoms with van der Waals surface area (Å²) in [6.45, 7) is 3.94. The number of anilines is 1. The predicted molar refractivity (Wildman–Crippen MR) is 178 cm³/mol. The van der Waals surface area contributed by atoms with Gasteiger partial charge >= 0.3 is 12.0 Å². The average Bonchev–Trinajstić information content (AvgIpc) is 3.04. The molecule has 0 spiro atoms. The molecule has 0 aliphatic carbocycles. The van der Waals surface area contributed by atoms with Crippen LogP contribution in [0.4, 0.5) is 10.5 Å². The third-order valence-electron chi connectivity index (χ3n) is 7.27. The third-order valence-corrected chi connectivity index (χ3v) is 7.51. The van der Waals surface area contributed by atoms with Gasteiger partial charge in [-0.15, -0.1) is 5.06 Å². The molecule has 5 N–H and O–H groups in total. The second kappa shape index (κ2) is 20.5. The summed E-state index contributed by atoms with van der Waals surface area (Å²) in [6.07, 6.45) is 6.37. The van der Waals surface area contributed by atoms with Crippen molar-refractivity contribution < 1.29 is 34.5 Å². The van der Waals surface area contributed by atoms with Crippen LogP contribution in [0.25, 0.3) is 0 Å². The number of carbonyl (C=O) groups is 2. The summed E-state index contributed by atoms with van der Waals surface area (Å²) in [5.74, 6) is -0.590. The number of aliphatic hydroxyl groups is 2. The number of aliphatic hydroxyl groups excluding tert-OH is 2. The normalized spacial score (nSPS) is 11.7. The lowest BCUT2D eigenvalue weighted by atomic mass is 10.1. The molecule has 11 heteroatoms. The van der Waals surface area contributed by atoms with Crippen LogP contribution in [0.1, 0.15) is 73.8 Å². The molecule has 0 saturated carbocycles. The molecule has 3 aromatic rings. The molecule has 0 aliphatic rings. The number of rotatable bonds is 19. The number of benzene rings is 3. The number of carbonyl (C=O) groups excluding carboxylic acids is 2. The van der Waals surface area contributed by atoms with E-state index in [9.17, 15) is 24.9 Å². The van der Waals surface area contributed by atoms with Crippen molar-refractivity contribution in [1.29, 1.82) is 0 Å². The lowest BCUT2D eigenvalue weighted by Gasteiger charge is -2.21. The van der Waals surface area contributed by atoms with Gasteiger partial charge in [-0.1, -0.05) is 60.8 Å². The Kier molecular flexibility index (Phi) is 16.4. The molecule has 0 fully saturated rings. The zero-order valence-corrected chi connectivity index (χ0v) is 27.2. The Hall–Kier alpha value is -3.67. The number of urea groups is 1. The van der Waals surface area contributed by atoms with Crippen molar-refractivity contribution in [2.75, 3.05) is 31.4 Å². The highest BCUT2D eigenvalue weighted by atomic mass is 35.5. The van der Waals surface area contributed by atoms with Crippen LogP contribution in [-0.4, -0.2) is 53.6 Å². The molecular weight excluding hydrogens is 610 g/mol. The second-order valence-corrected chi connectivity index (χ2v) is 11.5. The molecule has 10 nitrogen and oxygen atoms in total. The van der Waals surface area contributed by atoms with Gasteiger partial charge in [0.25, 0.3) is 0 Å². The second-order valence-electron chi connectivity index (χ2n) is 11.1. The molecule has 0 heterocycles. The molecule has 250 valence electrons. The maximum atomic E-state index is 12.8. The van der Waals surface area contributed by atoms with E-state index >= 15 is 0 Å². The number of aryl methyl sites for hydroxylation is 1. The number of ether oxygens (including phenoxy) is 1. The lowest BCUT2D eigenvalue weighted by Crippen LogP contribution is -2.40. The van der Waals surface area contributed by atoms with Crippen LogP contribution in [0, 0.1) is 0 Å². The minimum absolute atomic E-state index is 0.0292. The van der Waals surface area contributed by atoms with E-state index < -0.39 is 18.1 Å². The van der Waals surface area contributed by atoms with Gasteiger partial charge in [-0.25, -0.2) is 9.59 Å². The van der Waals surface area contributed by atoms with Gasteiger partial charge in [0, 0.05) is 43.8 Å². The number of aromatic hydroxyl groups is 1. The Morgan fingerprint density at radius 1 is 0.913 bits per heavy atom. The lowest BCUT2D eigenvalue weighted by molar-refractivity contribution is -0.141. The minimum atomic E-state index is -0.691. The number of hydroxylamine groups is 1. The largest absolute Gasteiger partial charge is 0.508 e. The standard InChI is InChI=1S/C35H46ClN3O7/c1-26(41)46-39(32-14-9-13-31(36)22-32)35(44)38-23-28-12-8-11-27(20-28)10-4-7-19-45-18-6-3-2-5-17-37-24-34(43)29-15-16-33(42)30(21-29)25-40/h8-9,11-16,20-22,34,37,40,42-43H,2-7,10,17-19,23-25H2,1H3,(H,38,44)/t34-/m0/s1. The molecular formula is C35H46ClN3O7. The maximum Gasteiger partial charge on any atom is 0.355 e. The van der Waals surface area contributed by atoms with Crippen molar-refractivity contribution in [2.45, 2.75) is 71.1 Å². The first kappa shape index (κ1) is 36.8. The van der Waals surface area contributed by atoms with E-state index in [2.05, 4.69) is 22.8 Å². The van der Waals surface area contributed by atoms with Gasteiger partial charge in [0.2, 0.25) is 0 Å². The smallest absolute Gasteiger partial charge is 0.355 e. The molecule has 2 amide bonds. The van der Waals surface area contributed by atoms with E-state index in [4.69, 9.17) is 21.2 Å². The van der Waals surface area contributed by atoms with E-state index in [-0.39, 0.29) is 18.9 Å². The molecule has 3 rings (SSSR count). The van der Waals surface area contributed by atoms with Crippen LogP contribution < -0.4 is 15.7 Å². The molecule has 0 aromatic heterocycles. The van der Waals surface area contributed by atoms with E-state index in [1.54, 1.807) is 36.4 Å². The number of unbranched alkanes of at least 4 members (excludes halogenated alkanes) is 4. The highest BCUT2D eigenvalue weighted by Gasteiger charge is 2.19. The predicted octanol–water partition coefficient (Wildman–Crippen LogP) is 5.96. The van der Waals surface area contributed by atoms with Crippen LogP contribution in [0.5, 0.6) is 5.75 Å². The van der Waals surface area contributed by atoms with Crippen molar-refractivity contribution >= 4 is 29.3 Å². The summed E-state index contributed by atoms with van der Waals surface area (Å²) >= 11 is 6.04. The molecule has 0 aliphatic heterocycles. The quantitative estimate of drug-likeness (QED) is 0.0788. The summed E-state index contributed by atoms with van der Waals surface area (Å²) in [4.78, 5) is 29.5. The molecule has 3 aromatic carbocycles. The molecule has 0 radical (unpaired) electrons. The number of hydrogen-bond donors (Lipinski definition) is 5. The average molecular weight is 656 g/mol. The van der Waals surface area contributed by atoms with Crippen LogP contribution in [0.3, 0.4) is 0 Å². The Labute approximate surface area is 276 Å². The third kappa shape index (κ3) is 13.4. The number of hydrogen-bond acceptors (Lipinski definition) is 8. The van der Waals surface area contributed by atoms with E-state index in [0.717, 1.165) is 75.3 Å². The van der Waals surface area contributed by atoms with Crippen molar-refractivity contribution in [2.24, 2.45) is 0 Å². The van der Waals surface area contributed by atoms with Crippen LogP contribution in [0.15, 0.2) is 66.7 Å². The maximum absolute atomic E-state index is 12.8. The van der Waals surface area contributed by atoms with Crippen LogP contribution >= 0.6 is 11.6 Å². The first-order chi connectivity index (χ1) is 22.3. The van der Waals surface area contributed by atoms with Gasteiger partial charge in [0.05, 0.1) is 18.4 Å². The molecule has 46 heavy (non-hydrogen) atoms. The van der Waals surface area contributed by atoms with E-state index in [1.807, 2.05) is 12.1 Å². The van der Waals surface area contributed by atoms with Crippen molar-refractivity contribution in [3.63, 3.8) is 0 Å². The van der Waals surface area contributed by atoms with Gasteiger partial charge in [-0.2, -0.15) is 0 Å². The summed E-state index contributed by atoms with van der Waals surface area (Å²) in [7, 11) is 0. The topological polar surface area (TPSA) is 141 Å². The van der Waals surface area contributed by atoms with Gasteiger partial charge in [0.1, 0.15) is 5.75 Å². The Morgan fingerprint density at radius 3 is 2.41 bits per heavy atom. The van der Waals surface area contributed by atoms with Crippen molar-refractivity contribution in [3.05, 3.63) is 94.0 Å². The monoisotopic (exact) mass is 655 g/mol. The van der Waals surface area contributed by atoms with Gasteiger partial charge in [-0.05, 0) is 85.7 Å². The number of nitrogens with one attached hydrogen (secondary N) is 2. The van der Waals surface area contributed by atoms with E-state index in [0.29, 0.717) is 28.4 Å².